The highest BCUT2D eigenvalue weighted by Crippen LogP contribution is 2.12. The van der Waals surface area contributed by atoms with Crippen LogP contribution in [-0.2, 0) is 16.0 Å². The Hall–Kier alpha value is -1.42. The first kappa shape index (κ1) is 11.7. The summed E-state index contributed by atoms with van der Waals surface area (Å²) in [4.78, 5) is 10.5. The van der Waals surface area contributed by atoms with E-state index in [1.807, 2.05) is 0 Å². The standard InChI is InChI=1S/C11H13FO3/c1-15-9(7-11(13)14)6-8-4-2-3-5-10(8)12/h2-5,9H,6-7H2,1H3,(H,13,14). The summed E-state index contributed by atoms with van der Waals surface area (Å²) in [6.07, 6.45) is -0.334. The fourth-order valence-electron chi connectivity index (χ4n) is 1.34. The van der Waals surface area contributed by atoms with E-state index in [1.54, 1.807) is 18.2 Å². The predicted octanol–water partition coefficient (Wildman–Crippen LogP) is 1.86. The average Bonchev–Trinajstić information content (AvgIpc) is 2.19. The van der Waals surface area contributed by atoms with Crippen molar-refractivity contribution < 1.29 is 19.0 Å². The Kier molecular flexibility index (Phi) is 4.24. The van der Waals surface area contributed by atoms with Crippen LogP contribution >= 0.6 is 0 Å². The number of methoxy groups -OCH3 is 1. The number of hydrogen-bond donors (Lipinski definition) is 1. The molecule has 82 valence electrons. The fourth-order valence-corrected chi connectivity index (χ4v) is 1.34. The Morgan fingerprint density at radius 3 is 2.73 bits per heavy atom. The van der Waals surface area contributed by atoms with E-state index in [2.05, 4.69) is 0 Å². The Bertz CT molecular complexity index is 338. The van der Waals surface area contributed by atoms with Gasteiger partial charge in [-0.05, 0) is 11.6 Å². The van der Waals surface area contributed by atoms with Crippen molar-refractivity contribution in [2.24, 2.45) is 0 Å². The minimum absolute atomic E-state index is 0.120. The summed E-state index contributed by atoms with van der Waals surface area (Å²) in [5.74, 6) is -1.27. The minimum Gasteiger partial charge on any atom is -0.481 e. The Balaban J connectivity index is 2.66. The highest BCUT2D eigenvalue weighted by molar-refractivity contribution is 5.67. The molecule has 0 heterocycles. The lowest BCUT2D eigenvalue weighted by Crippen LogP contribution is -2.19. The van der Waals surface area contributed by atoms with E-state index < -0.39 is 12.1 Å². The van der Waals surface area contributed by atoms with Crippen molar-refractivity contribution in [2.75, 3.05) is 7.11 Å². The first-order valence-electron chi connectivity index (χ1n) is 4.61. The van der Waals surface area contributed by atoms with Gasteiger partial charge in [-0.2, -0.15) is 0 Å². The molecule has 1 unspecified atom stereocenters. The maximum Gasteiger partial charge on any atom is 0.305 e. The minimum atomic E-state index is -0.946. The van der Waals surface area contributed by atoms with Crippen molar-refractivity contribution in [3.63, 3.8) is 0 Å². The van der Waals surface area contributed by atoms with Crippen LogP contribution < -0.4 is 0 Å². The fraction of sp³-hybridized carbons (Fsp3) is 0.364. The highest BCUT2D eigenvalue weighted by Gasteiger charge is 2.14. The zero-order chi connectivity index (χ0) is 11.3. The molecule has 15 heavy (non-hydrogen) atoms. The van der Waals surface area contributed by atoms with Crippen molar-refractivity contribution in [1.29, 1.82) is 0 Å². The SMILES string of the molecule is COC(CC(=O)O)Cc1ccccc1F. The van der Waals surface area contributed by atoms with Gasteiger partial charge < -0.3 is 9.84 Å². The molecule has 0 saturated heterocycles. The van der Waals surface area contributed by atoms with E-state index >= 15 is 0 Å². The molecule has 0 saturated carbocycles. The van der Waals surface area contributed by atoms with Crippen molar-refractivity contribution in [1.82, 2.24) is 0 Å². The molecule has 0 aliphatic carbocycles. The number of carboxylic acid groups (broad SMARTS) is 1. The van der Waals surface area contributed by atoms with Crippen molar-refractivity contribution >= 4 is 5.97 Å². The van der Waals surface area contributed by atoms with Gasteiger partial charge in [0.05, 0.1) is 12.5 Å². The summed E-state index contributed by atoms with van der Waals surface area (Å²) < 4.78 is 18.2. The quantitative estimate of drug-likeness (QED) is 0.810. The van der Waals surface area contributed by atoms with Crippen LogP contribution in [0.15, 0.2) is 24.3 Å². The van der Waals surface area contributed by atoms with E-state index in [9.17, 15) is 9.18 Å². The molecule has 3 nitrogen and oxygen atoms in total. The molecule has 0 fully saturated rings. The number of ether oxygens (including phenoxy) is 1. The van der Waals surface area contributed by atoms with Gasteiger partial charge in [-0.1, -0.05) is 18.2 Å². The Labute approximate surface area is 87.5 Å². The normalized spacial score (nSPS) is 12.4. The molecule has 1 atom stereocenters. The summed E-state index contributed by atoms with van der Waals surface area (Å²) in [6.45, 7) is 0. The first-order chi connectivity index (χ1) is 7.13. The molecule has 0 amide bonds. The van der Waals surface area contributed by atoms with Gasteiger partial charge in [0.1, 0.15) is 5.82 Å². The van der Waals surface area contributed by atoms with Crippen LogP contribution in [0.25, 0.3) is 0 Å². The van der Waals surface area contributed by atoms with E-state index in [0.717, 1.165) is 0 Å². The third-order valence-corrected chi connectivity index (χ3v) is 2.14. The predicted molar refractivity (Wildman–Crippen MR) is 53.2 cm³/mol. The lowest BCUT2D eigenvalue weighted by molar-refractivity contribution is -0.139. The number of carbonyl (C=O) groups is 1. The number of aliphatic carboxylic acids is 1. The Morgan fingerprint density at radius 1 is 1.53 bits per heavy atom. The van der Waals surface area contributed by atoms with Crippen LogP contribution in [0.1, 0.15) is 12.0 Å². The van der Waals surface area contributed by atoms with Gasteiger partial charge >= 0.3 is 5.97 Å². The molecule has 1 N–H and O–H groups in total. The maximum absolute atomic E-state index is 13.2. The molecule has 0 aliphatic heterocycles. The Morgan fingerprint density at radius 2 is 2.20 bits per heavy atom. The largest absolute Gasteiger partial charge is 0.481 e. The van der Waals surface area contributed by atoms with Crippen LogP contribution in [0.4, 0.5) is 4.39 Å². The third kappa shape index (κ3) is 3.67. The summed E-state index contributed by atoms with van der Waals surface area (Å²) >= 11 is 0. The summed E-state index contributed by atoms with van der Waals surface area (Å²) in [5, 5.41) is 8.59. The smallest absolute Gasteiger partial charge is 0.305 e. The molecule has 0 radical (unpaired) electrons. The van der Waals surface area contributed by atoms with Crippen LogP contribution in [0.2, 0.25) is 0 Å². The molecular weight excluding hydrogens is 199 g/mol. The summed E-state index contributed by atoms with van der Waals surface area (Å²) in [5.41, 5.74) is 0.477. The lowest BCUT2D eigenvalue weighted by atomic mass is 10.1. The van der Waals surface area contributed by atoms with Crippen molar-refractivity contribution in [3.8, 4) is 0 Å². The number of halogens is 1. The second kappa shape index (κ2) is 5.46. The lowest BCUT2D eigenvalue weighted by Gasteiger charge is -2.13. The number of hydrogen-bond acceptors (Lipinski definition) is 2. The third-order valence-electron chi connectivity index (χ3n) is 2.14. The van der Waals surface area contributed by atoms with E-state index in [-0.39, 0.29) is 18.7 Å². The topological polar surface area (TPSA) is 46.5 Å². The molecular formula is C11H13FO3. The number of rotatable bonds is 5. The van der Waals surface area contributed by atoms with Gasteiger partial charge in [-0.15, -0.1) is 0 Å². The van der Waals surface area contributed by atoms with Crippen molar-refractivity contribution in [3.05, 3.63) is 35.6 Å². The average molecular weight is 212 g/mol. The van der Waals surface area contributed by atoms with Gasteiger partial charge in [0.2, 0.25) is 0 Å². The highest BCUT2D eigenvalue weighted by atomic mass is 19.1. The number of benzene rings is 1. The van der Waals surface area contributed by atoms with Crippen LogP contribution in [0, 0.1) is 5.82 Å². The molecule has 4 heteroatoms. The van der Waals surface area contributed by atoms with Crippen LogP contribution in [0.5, 0.6) is 0 Å². The van der Waals surface area contributed by atoms with Crippen molar-refractivity contribution in [2.45, 2.75) is 18.9 Å². The van der Waals surface area contributed by atoms with E-state index in [1.165, 1.54) is 13.2 Å². The van der Waals surface area contributed by atoms with Gasteiger partial charge in [0, 0.05) is 13.5 Å². The summed E-state index contributed by atoms with van der Waals surface area (Å²) in [7, 11) is 1.43. The van der Waals surface area contributed by atoms with Gasteiger partial charge in [-0.25, -0.2) is 4.39 Å². The van der Waals surface area contributed by atoms with Crippen LogP contribution in [0.3, 0.4) is 0 Å². The van der Waals surface area contributed by atoms with Gasteiger partial charge in [-0.3, -0.25) is 4.79 Å². The van der Waals surface area contributed by atoms with Gasteiger partial charge in [0.25, 0.3) is 0 Å². The molecule has 1 rings (SSSR count). The zero-order valence-corrected chi connectivity index (χ0v) is 8.44. The van der Waals surface area contributed by atoms with E-state index in [0.29, 0.717) is 5.56 Å². The van der Waals surface area contributed by atoms with E-state index in [4.69, 9.17) is 9.84 Å². The molecule has 1 aromatic carbocycles. The maximum atomic E-state index is 13.2. The second-order valence-corrected chi connectivity index (χ2v) is 3.25. The van der Waals surface area contributed by atoms with Crippen LogP contribution in [-0.4, -0.2) is 24.3 Å². The molecule has 0 aromatic heterocycles. The van der Waals surface area contributed by atoms with Gasteiger partial charge in [0.15, 0.2) is 0 Å². The monoisotopic (exact) mass is 212 g/mol. The first-order valence-corrected chi connectivity index (χ1v) is 4.61. The molecule has 0 spiro atoms. The summed E-state index contributed by atoms with van der Waals surface area (Å²) in [6, 6.07) is 6.29. The zero-order valence-electron chi connectivity index (χ0n) is 8.44. The number of carboxylic acids is 1. The molecule has 0 aliphatic rings. The molecule has 1 aromatic rings. The second-order valence-electron chi connectivity index (χ2n) is 3.25. The molecule has 0 bridgehead atoms.